The van der Waals surface area contributed by atoms with Gasteiger partial charge >= 0.3 is 5.97 Å². The number of β-amino-alcohol motifs (C(OH)–C–C–N with tert-alkyl or cyclic N) is 1. The van der Waals surface area contributed by atoms with Crippen LogP contribution in [0.5, 0.6) is 5.75 Å². The molecule has 3 rings (SSSR count). The molecule has 0 aliphatic carbocycles. The fourth-order valence-corrected chi connectivity index (χ4v) is 3.15. The van der Waals surface area contributed by atoms with E-state index < -0.39 is 23.7 Å². The lowest BCUT2D eigenvalue weighted by Gasteiger charge is -2.33. The number of hydrogen-bond acceptors (Lipinski definition) is 5. The number of nitrogens with zero attached hydrogens (tertiary/aromatic N) is 1. The van der Waals surface area contributed by atoms with E-state index in [4.69, 9.17) is 4.74 Å². The van der Waals surface area contributed by atoms with Crippen molar-refractivity contribution in [3.63, 3.8) is 0 Å². The average molecular weight is 377 g/mol. The average Bonchev–Trinajstić information content (AvgIpc) is 2.67. The molecule has 1 N–H and O–H groups in total. The summed E-state index contributed by atoms with van der Waals surface area (Å²) >= 11 is 0. The number of anilines is 1. The van der Waals surface area contributed by atoms with Crippen LogP contribution in [0.4, 0.5) is 14.5 Å². The molecule has 1 heterocycles. The molecule has 0 saturated carbocycles. The van der Waals surface area contributed by atoms with Crippen LogP contribution in [0.3, 0.4) is 0 Å². The summed E-state index contributed by atoms with van der Waals surface area (Å²) in [5.41, 5.74) is 1.76. The van der Waals surface area contributed by atoms with E-state index >= 15 is 0 Å². The molecule has 5 nitrogen and oxygen atoms in total. The zero-order chi connectivity index (χ0) is 19.4. The number of aryl methyl sites for hydroxylation is 1. The van der Waals surface area contributed by atoms with Gasteiger partial charge in [-0.15, -0.1) is 0 Å². The minimum Gasteiger partial charge on any atom is -0.491 e. The maximum Gasteiger partial charge on any atom is 0.337 e. The second-order valence-corrected chi connectivity index (χ2v) is 6.43. The maximum absolute atomic E-state index is 13.6. The largest absolute Gasteiger partial charge is 0.491 e. The molecule has 1 aliphatic heterocycles. The van der Waals surface area contributed by atoms with Crippen molar-refractivity contribution in [3.8, 4) is 5.75 Å². The number of carbonyl (C=O) groups excluding carboxylic acids is 1. The molecule has 144 valence electrons. The van der Waals surface area contributed by atoms with Crippen LogP contribution in [0.15, 0.2) is 36.4 Å². The van der Waals surface area contributed by atoms with Crippen LogP contribution in [0, 0.1) is 11.6 Å². The molecule has 7 heteroatoms. The van der Waals surface area contributed by atoms with E-state index in [9.17, 15) is 18.7 Å². The van der Waals surface area contributed by atoms with Crippen LogP contribution in [0.2, 0.25) is 0 Å². The Labute approximate surface area is 156 Å². The summed E-state index contributed by atoms with van der Waals surface area (Å²) in [5.74, 6) is -1.67. The van der Waals surface area contributed by atoms with Gasteiger partial charge in [0.2, 0.25) is 0 Å². The molecule has 2 aromatic rings. The highest BCUT2D eigenvalue weighted by Crippen LogP contribution is 2.29. The van der Waals surface area contributed by atoms with Crippen LogP contribution in [-0.2, 0) is 11.2 Å². The lowest BCUT2D eigenvalue weighted by atomic mass is 10.0. The molecule has 0 amide bonds. The number of ether oxygens (including phenoxy) is 2. The predicted molar refractivity (Wildman–Crippen MR) is 96.2 cm³/mol. The molecule has 1 aliphatic rings. The van der Waals surface area contributed by atoms with Gasteiger partial charge in [0.15, 0.2) is 11.6 Å². The molecular weight excluding hydrogens is 356 g/mol. The number of carbonyl (C=O) groups is 1. The molecule has 0 unspecified atom stereocenters. The maximum atomic E-state index is 13.6. The number of aliphatic hydroxyl groups is 1. The van der Waals surface area contributed by atoms with Crippen molar-refractivity contribution in [3.05, 3.63) is 59.2 Å². The van der Waals surface area contributed by atoms with Gasteiger partial charge in [-0.3, -0.25) is 0 Å². The van der Waals surface area contributed by atoms with Gasteiger partial charge in [0.25, 0.3) is 0 Å². The second-order valence-electron chi connectivity index (χ2n) is 6.43. The van der Waals surface area contributed by atoms with Gasteiger partial charge in [-0.05, 0) is 48.7 Å². The highest BCUT2D eigenvalue weighted by molar-refractivity contribution is 5.89. The molecule has 0 fully saturated rings. The van der Waals surface area contributed by atoms with Crippen molar-refractivity contribution in [1.82, 2.24) is 0 Å². The number of fused-ring (bicyclic) bond motifs is 1. The summed E-state index contributed by atoms with van der Waals surface area (Å²) in [6.07, 6.45) is 0.673. The van der Waals surface area contributed by atoms with Crippen molar-refractivity contribution < 1.29 is 28.2 Å². The van der Waals surface area contributed by atoms with Gasteiger partial charge in [-0.25, -0.2) is 13.6 Å². The van der Waals surface area contributed by atoms with Gasteiger partial charge in [0.05, 0.1) is 12.7 Å². The highest BCUT2D eigenvalue weighted by atomic mass is 19.2. The number of aliphatic hydroxyl groups excluding tert-OH is 1. The third-order valence-corrected chi connectivity index (χ3v) is 4.49. The van der Waals surface area contributed by atoms with Crippen molar-refractivity contribution in [2.75, 3.05) is 31.7 Å². The van der Waals surface area contributed by atoms with E-state index in [0.717, 1.165) is 12.0 Å². The van der Waals surface area contributed by atoms with Crippen molar-refractivity contribution in [2.45, 2.75) is 18.9 Å². The fourth-order valence-electron chi connectivity index (χ4n) is 3.15. The summed E-state index contributed by atoms with van der Waals surface area (Å²) in [5, 5.41) is 10.3. The Balaban J connectivity index is 1.58. The lowest BCUT2D eigenvalue weighted by molar-refractivity contribution is 0.0600. The first kappa shape index (κ1) is 19.1. The minimum absolute atomic E-state index is 0.0348. The fraction of sp³-hybridized carbons (Fsp3) is 0.350. The van der Waals surface area contributed by atoms with Gasteiger partial charge in [-0.2, -0.15) is 0 Å². The minimum atomic E-state index is -0.892. The number of methoxy groups -OCH3 is 1. The zero-order valence-electron chi connectivity index (χ0n) is 15.0. The molecule has 0 saturated heterocycles. The van der Waals surface area contributed by atoms with Crippen LogP contribution >= 0.6 is 0 Å². The molecule has 0 bridgehead atoms. The lowest BCUT2D eigenvalue weighted by Crippen LogP contribution is -2.38. The Morgan fingerprint density at radius 3 is 2.63 bits per heavy atom. The van der Waals surface area contributed by atoms with Crippen molar-refractivity contribution in [2.24, 2.45) is 0 Å². The Morgan fingerprint density at radius 1 is 1.22 bits per heavy atom. The molecular formula is C20H21F2NO4. The summed E-state index contributed by atoms with van der Waals surface area (Å²) in [7, 11) is 1.31. The summed E-state index contributed by atoms with van der Waals surface area (Å²) in [6.45, 7) is 0.939. The third kappa shape index (κ3) is 4.54. The SMILES string of the molecule is COC(=O)c1ccc(OC[C@@H](O)CN2CCCc3cc(F)c(F)cc32)cc1. The molecule has 0 aromatic heterocycles. The van der Waals surface area contributed by atoms with Crippen LogP contribution in [0.1, 0.15) is 22.3 Å². The number of benzene rings is 2. The normalized spacial score (nSPS) is 14.4. The number of rotatable bonds is 6. The quantitative estimate of drug-likeness (QED) is 0.785. The Morgan fingerprint density at radius 2 is 1.93 bits per heavy atom. The first-order valence-corrected chi connectivity index (χ1v) is 8.70. The van der Waals surface area contributed by atoms with E-state index in [1.54, 1.807) is 24.3 Å². The van der Waals surface area contributed by atoms with Gasteiger partial charge in [-0.1, -0.05) is 0 Å². The topological polar surface area (TPSA) is 59.0 Å². The van der Waals surface area contributed by atoms with E-state index in [2.05, 4.69) is 4.74 Å². The predicted octanol–water partition coefficient (Wildman–Crippen LogP) is 2.94. The van der Waals surface area contributed by atoms with Gasteiger partial charge in [0.1, 0.15) is 18.5 Å². The number of esters is 1. The summed E-state index contributed by atoms with van der Waals surface area (Å²) in [4.78, 5) is 13.2. The monoisotopic (exact) mass is 377 g/mol. The van der Waals surface area contributed by atoms with Gasteiger partial charge < -0.3 is 19.5 Å². The molecule has 0 radical (unpaired) electrons. The zero-order valence-corrected chi connectivity index (χ0v) is 15.0. The van der Waals surface area contributed by atoms with E-state index in [1.807, 2.05) is 4.90 Å². The van der Waals surface area contributed by atoms with E-state index in [0.29, 0.717) is 30.0 Å². The Bertz CT molecular complexity index is 810. The first-order valence-electron chi connectivity index (χ1n) is 8.70. The smallest absolute Gasteiger partial charge is 0.337 e. The second kappa shape index (κ2) is 8.35. The van der Waals surface area contributed by atoms with Crippen LogP contribution in [0.25, 0.3) is 0 Å². The standard InChI is InChI=1S/C20H21F2NO4/c1-26-20(25)13-4-6-16(7-5-13)27-12-15(24)11-23-8-2-3-14-9-17(21)18(22)10-19(14)23/h4-7,9-10,15,24H,2-3,8,11-12H2,1H3/t15-/m0/s1. The molecule has 0 spiro atoms. The van der Waals surface area contributed by atoms with Crippen molar-refractivity contribution >= 4 is 11.7 Å². The highest BCUT2D eigenvalue weighted by Gasteiger charge is 2.22. The molecule has 1 atom stereocenters. The van der Waals surface area contributed by atoms with E-state index in [1.165, 1.54) is 19.2 Å². The Kier molecular flexibility index (Phi) is 5.91. The molecule has 27 heavy (non-hydrogen) atoms. The molecule has 2 aromatic carbocycles. The van der Waals surface area contributed by atoms with Crippen molar-refractivity contribution in [1.29, 1.82) is 0 Å². The first-order chi connectivity index (χ1) is 13.0. The Hall–Kier alpha value is -2.67. The van der Waals surface area contributed by atoms with Gasteiger partial charge in [0, 0.05) is 24.8 Å². The van der Waals surface area contributed by atoms with Crippen LogP contribution < -0.4 is 9.64 Å². The summed E-state index contributed by atoms with van der Waals surface area (Å²) in [6, 6.07) is 8.80. The van der Waals surface area contributed by atoms with E-state index in [-0.39, 0.29) is 13.2 Å². The third-order valence-electron chi connectivity index (χ3n) is 4.49. The van der Waals surface area contributed by atoms with Crippen LogP contribution in [-0.4, -0.2) is 44.0 Å². The summed E-state index contributed by atoms with van der Waals surface area (Å²) < 4.78 is 37.2. The number of hydrogen-bond donors (Lipinski definition) is 1. The number of halogens is 2.